The van der Waals surface area contributed by atoms with Crippen molar-refractivity contribution < 1.29 is 27.8 Å². The van der Waals surface area contributed by atoms with Gasteiger partial charge >= 0.3 is 0 Å². The number of amides is 1. The van der Waals surface area contributed by atoms with Crippen LogP contribution in [0.1, 0.15) is 5.56 Å². The van der Waals surface area contributed by atoms with Crippen LogP contribution in [-0.2, 0) is 14.8 Å². The van der Waals surface area contributed by atoms with E-state index in [-0.39, 0.29) is 28.5 Å². The number of rotatable bonds is 8. The average Bonchev–Trinajstić information content (AvgIpc) is 2.65. The molecule has 0 fully saturated rings. The summed E-state index contributed by atoms with van der Waals surface area (Å²) in [7, 11) is -2.70. The summed E-state index contributed by atoms with van der Waals surface area (Å²) in [5, 5.41) is 24.4. The smallest absolute Gasteiger partial charge is 0.271 e. The lowest BCUT2D eigenvalue weighted by Crippen LogP contribution is -2.38. The van der Waals surface area contributed by atoms with Crippen LogP contribution in [0.2, 0.25) is 0 Å². The molecule has 0 saturated carbocycles. The fourth-order valence-electron chi connectivity index (χ4n) is 2.59. The minimum Gasteiger partial charge on any atom is -0.495 e. The molecule has 2 aromatic carbocycles. The number of ether oxygens (including phenoxy) is 1. The number of nitrogens with zero attached hydrogens (tertiary/aromatic N) is 3. The van der Waals surface area contributed by atoms with Gasteiger partial charge < -0.3 is 10.1 Å². The molecule has 0 bridgehead atoms. The summed E-state index contributed by atoms with van der Waals surface area (Å²) < 4.78 is 30.3. The number of methoxy groups -OCH3 is 1. The number of aryl methyl sites for hydroxylation is 1. The summed E-state index contributed by atoms with van der Waals surface area (Å²) in [4.78, 5) is 33.2. The molecule has 0 aromatic heterocycles. The molecule has 2 aromatic rings. The number of carbonyl (C=O) groups is 1. The first kappa shape index (κ1) is 22.5. The lowest BCUT2D eigenvalue weighted by molar-refractivity contribution is -0.385. The predicted octanol–water partition coefficient (Wildman–Crippen LogP) is 2.22. The summed E-state index contributed by atoms with van der Waals surface area (Å²) in [5.41, 5.74) is -0.314. The zero-order chi connectivity index (χ0) is 22.6. The molecule has 12 nitrogen and oxygen atoms in total. The topological polar surface area (TPSA) is 162 Å². The van der Waals surface area contributed by atoms with Crippen LogP contribution in [-0.4, -0.2) is 44.1 Å². The maximum absolute atomic E-state index is 12.5. The number of nitro groups is 2. The van der Waals surface area contributed by atoms with Crippen molar-refractivity contribution in [3.63, 3.8) is 0 Å². The van der Waals surface area contributed by atoms with Crippen LogP contribution in [0.3, 0.4) is 0 Å². The lowest BCUT2D eigenvalue weighted by atomic mass is 10.2. The first-order valence-electron chi connectivity index (χ1n) is 8.29. The molecule has 2 rings (SSSR count). The molecule has 0 saturated heterocycles. The van der Waals surface area contributed by atoms with Gasteiger partial charge in [-0.15, -0.1) is 0 Å². The minimum absolute atomic E-state index is 0.0269. The van der Waals surface area contributed by atoms with Crippen LogP contribution >= 0.6 is 0 Å². The molecule has 0 spiro atoms. The van der Waals surface area contributed by atoms with Crippen molar-refractivity contribution in [2.45, 2.75) is 6.92 Å². The number of benzene rings is 2. The SMILES string of the molecule is COc1ccc([N+](=O)[O-])cc1NC(=O)CN(c1cc([N+](=O)[O-])ccc1C)S(C)(=O)=O. The third kappa shape index (κ3) is 5.20. The van der Waals surface area contributed by atoms with Crippen molar-refractivity contribution in [3.05, 3.63) is 62.2 Å². The molecule has 0 aliphatic carbocycles. The Labute approximate surface area is 171 Å². The Hall–Kier alpha value is -3.74. The minimum atomic E-state index is -4.00. The maximum atomic E-state index is 12.5. The normalized spacial score (nSPS) is 10.9. The lowest BCUT2D eigenvalue weighted by Gasteiger charge is -2.23. The molecule has 0 unspecified atom stereocenters. The molecule has 0 aliphatic heterocycles. The van der Waals surface area contributed by atoms with Crippen molar-refractivity contribution in [2.75, 3.05) is 29.5 Å². The molecule has 30 heavy (non-hydrogen) atoms. The second-order valence-electron chi connectivity index (χ2n) is 6.19. The van der Waals surface area contributed by atoms with Gasteiger partial charge in [-0.1, -0.05) is 6.07 Å². The molecular weight excluding hydrogens is 420 g/mol. The van der Waals surface area contributed by atoms with Gasteiger partial charge in [0.1, 0.15) is 12.3 Å². The van der Waals surface area contributed by atoms with Gasteiger partial charge in [0, 0.05) is 24.3 Å². The van der Waals surface area contributed by atoms with Gasteiger partial charge in [0.05, 0.1) is 34.6 Å². The van der Waals surface area contributed by atoms with E-state index >= 15 is 0 Å². The van der Waals surface area contributed by atoms with Crippen LogP contribution in [0.25, 0.3) is 0 Å². The zero-order valence-electron chi connectivity index (χ0n) is 16.2. The number of sulfonamides is 1. The van der Waals surface area contributed by atoms with Crippen LogP contribution in [0.15, 0.2) is 36.4 Å². The molecule has 1 amide bonds. The van der Waals surface area contributed by atoms with Gasteiger partial charge in [-0.05, 0) is 18.6 Å². The molecule has 0 atom stereocenters. The highest BCUT2D eigenvalue weighted by Gasteiger charge is 2.25. The van der Waals surface area contributed by atoms with E-state index in [4.69, 9.17) is 4.74 Å². The van der Waals surface area contributed by atoms with E-state index in [0.717, 1.165) is 18.4 Å². The third-order valence-electron chi connectivity index (χ3n) is 4.03. The summed E-state index contributed by atoms with van der Waals surface area (Å²) in [6.07, 6.45) is 0.854. The highest BCUT2D eigenvalue weighted by atomic mass is 32.2. The van der Waals surface area contributed by atoms with E-state index < -0.39 is 32.3 Å². The number of hydrogen-bond donors (Lipinski definition) is 1. The molecule has 0 heterocycles. The highest BCUT2D eigenvalue weighted by molar-refractivity contribution is 7.92. The first-order chi connectivity index (χ1) is 13.9. The van der Waals surface area contributed by atoms with Crippen molar-refractivity contribution >= 4 is 38.7 Å². The Morgan fingerprint density at radius 3 is 2.20 bits per heavy atom. The fourth-order valence-corrected chi connectivity index (χ4v) is 3.49. The molecule has 0 aliphatic rings. The second kappa shape index (κ2) is 8.73. The Kier molecular flexibility index (Phi) is 6.56. The van der Waals surface area contributed by atoms with E-state index in [2.05, 4.69) is 5.32 Å². The van der Waals surface area contributed by atoms with Crippen molar-refractivity contribution in [2.24, 2.45) is 0 Å². The Morgan fingerprint density at radius 1 is 1.10 bits per heavy atom. The quantitative estimate of drug-likeness (QED) is 0.484. The number of anilines is 2. The summed E-state index contributed by atoms with van der Waals surface area (Å²) >= 11 is 0. The predicted molar refractivity (Wildman–Crippen MR) is 108 cm³/mol. The number of nitro benzene ring substituents is 2. The van der Waals surface area contributed by atoms with Crippen LogP contribution in [0.5, 0.6) is 5.75 Å². The zero-order valence-corrected chi connectivity index (χ0v) is 17.0. The van der Waals surface area contributed by atoms with Crippen LogP contribution in [0.4, 0.5) is 22.7 Å². The average molecular weight is 438 g/mol. The van der Waals surface area contributed by atoms with Crippen molar-refractivity contribution in [3.8, 4) is 5.75 Å². The Balaban J connectivity index is 2.39. The second-order valence-corrected chi connectivity index (χ2v) is 8.09. The van der Waals surface area contributed by atoms with Gasteiger partial charge in [0.25, 0.3) is 11.4 Å². The van der Waals surface area contributed by atoms with Gasteiger partial charge in [-0.25, -0.2) is 8.42 Å². The summed E-state index contributed by atoms with van der Waals surface area (Å²) in [5.74, 6) is -0.698. The van der Waals surface area contributed by atoms with E-state index in [1.54, 1.807) is 6.92 Å². The van der Waals surface area contributed by atoms with Gasteiger partial charge in [-0.3, -0.25) is 29.3 Å². The molecule has 13 heteroatoms. The monoisotopic (exact) mass is 438 g/mol. The Bertz CT molecular complexity index is 1120. The number of non-ortho nitro benzene ring substituents is 2. The Morgan fingerprint density at radius 2 is 1.67 bits per heavy atom. The van der Waals surface area contributed by atoms with E-state index in [1.807, 2.05) is 0 Å². The van der Waals surface area contributed by atoms with E-state index in [9.17, 15) is 33.4 Å². The number of hydrogen-bond acceptors (Lipinski definition) is 8. The number of carbonyl (C=O) groups excluding carboxylic acids is 1. The number of nitrogens with one attached hydrogen (secondary N) is 1. The van der Waals surface area contributed by atoms with Gasteiger partial charge in [0.15, 0.2) is 0 Å². The fraction of sp³-hybridized carbons (Fsp3) is 0.235. The first-order valence-corrected chi connectivity index (χ1v) is 10.1. The van der Waals surface area contributed by atoms with E-state index in [1.165, 1.54) is 31.4 Å². The van der Waals surface area contributed by atoms with E-state index in [0.29, 0.717) is 9.87 Å². The summed E-state index contributed by atoms with van der Waals surface area (Å²) in [6, 6.07) is 7.18. The maximum Gasteiger partial charge on any atom is 0.271 e. The van der Waals surface area contributed by atoms with Gasteiger partial charge in [0.2, 0.25) is 15.9 Å². The third-order valence-corrected chi connectivity index (χ3v) is 5.15. The standard InChI is InChI=1S/C17H18N4O8S/c1-11-4-5-13(21(25)26)9-15(11)19(30(3,27)28)10-17(22)18-14-8-12(20(23)24)6-7-16(14)29-2/h4-9H,10H2,1-3H3,(H,18,22). The van der Waals surface area contributed by atoms with Crippen molar-refractivity contribution in [1.29, 1.82) is 0 Å². The molecule has 1 N–H and O–H groups in total. The molecule has 160 valence electrons. The highest BCUT2D eigenvalue weighted by Crippen LogP contribution is 2.30. The van der Waals surface area contributed by atoms with Gasteiger partial charge in [-0.2, -0.15) is 0 Å². The molecular formula is C17H18N4O8S. The van der Waals surface area contributed by atoms with Crippen LogP contribution in [0, 0.1) is 27.2 Å². The largest absolute Gasteiger partial charge is 0.495 e. The molecule has 0 radical (unpaired) electrons. The summed E-state index contributed by atoms with van der Waals surface area (Å²) in [6.45, 7) is 0.825. The van der Waals surface area contributed by atoms with Crippen molar-refractivity contribution in [1.82, 2.24) is 0 Å². The van der Waals surface area contributed by atoms with Crippen LogP contribution < -0.4 is 14.4 Å².